The molecule has 1 rings (SSSR count). The molecule has 18 heavy (non-hydrogen) atoms. The lowest BCUT2D eigenvalue weighted by Gasteiger charge is -2.15. The Morgan fingerprint density at radius 1 is 1.61 bits per heavy atom. The van der Waals surface area contributed by atoms with Gasteiger partial charge in [0.2, 0.25) is 5.82 Å². The summed E-state index contributed by atoms with van der Waals surface area (Å²) in [6.07, 6.45) is 0. The van der Waals surface area contributed by atoms with Gasteiger partial charge in [0, 0.05) is 19.7 Å². The lowest BCUT2D eigenvalue weighted by molar-refractivity contribution is -0.387. The SMILES string of the molecule is COCC(CO)NCc1ccc([N+](=O)[O-])c(F)c1. The zero-order valence-electron chi connectivity index (χ0n) is 9.93. The second kappa shape index (κ2) is 7.00. The number of nitro groups is 1. The van der Waals surface area contributed by atoms with Crippen LogP contribution in [0.2, 0.25) is 0 Å². The van der Waals surface area contributed by atoms with Gasteiger partial charge in [-0.05, 0) is 11.6 Å². The number of nitro benzene ring substituents is 1. The first kappa shape index (κ1) is 14.5. The molecule has 0 saturated heterocycles. The Labute approximate surface area is 104 Å². The molecule has 0 aromatic heterocycles. The summed E-state index contributed by atoms with van der Waals surface area (Å²) in [7, 11) is 1.51. The van der Waals surface area contributed by atoms with Crippen LogP contribution in [-0.4, -0.2) is 36.4 Å². The van der Waals surface area contributed by atoms with Crippen molar-refractivity contribution in [3.8, 4) is 0 Å². The van der Waals surface area contributed by atoms with Crippen molar-refractivity contribution in [3.63, 3.8) is 0 Å². The second-order valence-electron chi connectivity index (χ2n) is 3.76. The Morgan fingerprint density at radius 3 is 2.83 bits per heavy atom. The van der Waals surface area contributed by atoms with Gasteiger partial charge >= 0.3 is 5.69 Å². The van der Waals surface area contributed by atoms with Crippen molar-refractivity contribution in [2.45, 2.75) is 12.6 Å². The molecule has 0 aliphatic rings. The van der Waals surface area contributed by atoms with Gasteiger partial charge in [0.25, 0.3) is 0 Å². The molecule has 6 nitrogen and oxygen atoms in total. The van der Waals surface area contributed by atoms with Crippen LogP contribution >= 0.6 is 0 Å². The van der Waals surface area contributed by atoms with Gasteiger partial charge in [0.1, 0.15) is 0 Å². The van der Waals surface area contributed by atoms with E-state index < -0.39 is 16.4 Å². The van der Waals surface area contributed by atoms with Crippen LogP contribution in [0.25, 0.3) is 0 Å². The zero-order valence-corrected chi connectivity index (χ0v) is 9.93. The highest BCUT2D eigenvalue weighted by Gasteiger charge is 2.14. The molecule has 0 aliphatic heterocycles. The number of aliphatic hydroxyl groups excluding tert-OH is 1. The van der Waals surface area contributed by atoms with E-state index in [4.69, 9.17) is 9.84 Å². The minimum absolute atomic E-state index is 0.108. The maximum atomic E-state index is 13.3. The molecular weight excluding hydrogens is 243 g/mol. The van der Waals surface area contributed by atoms with Crippen molar-refractivity contribution in [2.75, 3.05) is 20.3 Å². The Bertz CT molecular complexity index is 414. The number of halogens is 1. The maximum Gasteiger partial charge on any atom is 0.304 e. The highest BCUT2D eigenvalue weighted by molar-refractivity contribution is 5.34. The molecule has 0 fully saturated rings. The van der Waals surface area contributed by atoms with Gasteiger partial charge in [-0.2, -0.15) is 4.39 Å². The number of methoxy groups -OCH3 is 1. The first-order chi connectivity index (χ1) is 8.58. The van der Waals surface area contributed by atoms with Crippen LogP contribution in [0.3, 0.4) is 0 Å². The summed E-state index contributed by atoms with van der Waals surface area (Å²) in [6, 6.07) is 3.44. The summed E-state index contributed by atoms with van der Waals surface area (Å²) >= 11 is 0. The molecule has 1 atom stereocenters. The van der Waals surface area contributed by atoms with Crippen LogP contribution in [0.15, 0.2) is 18.2 Å². The number of nitrogens with zero attached hydrogens (tertiary/aromatic N) is 1. The number of benzene rings is 1. The van der Waals surface area contributed by atoms with Crippen LogP contribution in [-0.2, 0) is 11.3 Å². The van der Waals surface area contributed by atoms with Crippen LogP contribution in [0.4, 0.5) is 10.1 Å². The van der Waals surface area contributed by atoms with Crippen molar-refractivity contribution in [1.82, 2.24) is 5.32 Å². The molecule has 7 heteroatoms. The molecule has 1 unspecified atom stereocenters. The van der Waals surface area contributed by atoms with Crippen molar-refractivity contribution in [1.29, 1.82) is 0 Å². The van der Waals surface area contributed by atoms with Gasteiger partial charge < -0.3 is 15.2 Å². The van der Waals surface area contributed by atoms with Crippen molar-refractivity contribution < 1.29 is 19.2 Å². The van der Waals surface area contributed by atoms with Crippen LogP contribution < -0.4 is 5.32 Å². The largest absolute Gasteiger partial charge is 0.395 e. The number of hydrogen-bond donors (Lipinski definition) is 2. The Hall–Kier alpha value is -1.57. The lowest BCUT2D eigenvalue weighted by Crippen LogP contribution is -2.35. The average molecular weight is 258 g/mol. The smallest absolute Gasteiger partial charge is 0.304 e. The summed E-state index contributed by atoms with van der Waals surface area (Å²) in [5.74, 6) is -0.869. The van der Waals surface area contributed by atoms with E-state index in [0.717, 1.165) is 12.1 Å². The Morgan fingerprint density at radius 2 is 2.33 bits per heavy atom. The molecule has 1 aromatic carbocycles. The molecule has 0 spiro atoms. The zero-order chi connectivity index (χ0) is 13.5. The number of hydrogen-bond acceptors (Lipinski definition) is 5. The third-order valence-electron chi connectivity index (χ3n) is 2.39. The molecule has 0 amide bonds. The van der Waals surface area contributed by atoms with E-state index in [0.29, 0.717) is 18.7 Å². The fourth-order valence-electron chi connectivity index (χ4n) is 1.45. The summed E-state index contributed by atoms with van der Waals surface area (Å²) in [5.41, 5.74) is 0.0157. The summed E-state index contributed by atoms with van der Waals surface area (Å²) < 4.78 is 18.2. The highest BCUT2D eigenvalue weighted by atomic mass is 19.1. The first-order valence-corrected chi connectivity index (χ1v) is 5.34. The van der Waals surface area contributed by atoms with E-state index >= 15 is 0 Å². The average Bonchev–Trinajstić information content (AvgIpc) is 2.34. The summed E-state index contributed by atoms with van der Waals surface area (Å²) in [4.78, 5) is 9.66. The highest BCUT2D eigenvalue weighted by Crippen LogP contribution is 2.17. The molecular formula is C11H15FN2O4. The number of rotatable bonds is 7. The van der Waals surface area contributed by atoms with Gasteiger partial charge in [-0.15, -0.1) is 0 Å². The molecule has 0 heterocycles. The standard InChI is InChI=1S/C11H15FN2O4/c1-18-7-9(6-15)13-5-8-2-3-11(14(16)17)10(12)4-8/h2-4,9,13,15H,5-7H2,1H3. The maximum absolute atomic E-state index is 13.3. The topological polar surface area (TPSA) is 84.6 Å². The number of ether oxygens (including phenoxy) is 1. The Balaban J connectivity index is 2.63. The van der Waals surface area contributed by atoms with Crippen LogP contribution in [0.1, 0.15) is 5.56 Å². The van der Waals surface area contributed by atoms with E-state index in [2.05, 4.69) is 5.32 Å². The van der Waals surface area contributed by atoms with E-state index in [-0.39, 0.29) is 12.6 Å². The van der Waals surface area contributed by atoms with E-state index in [1.54, 1.807) is 0 Å². The third-order valence-corrected chi connectivity index (χ3v) is 2.39. The fraction of sp³-hybridized carbons (Fsp3) is 0.455. The van der Waals surface area contributed by atoms with Crippen molar-refractivity contribution >= 4 is 5.69 Å². The number of nitrogens with one attached hydrogen (secondary N) is 1. The lowest BCUT2D eigenvalue weighted by atomic mass is 10.2. The fourth-order valence-corrected chi connectivity index (χ4v) is 1.45. The van der Waals surface area contributed by atoms with E-state index in [9.17, 15) is 14.5 Å². The summed E-state index contributed by atoms with van der Waals surface area (Å²) in [6.45, 7) is 0.513. The van der Waals surface area contributed by atoms with Crippen molar-refractivity contribution in [2.24, 2.45) is 0 Å². The second-order valence-corrected chi connectivity index (χ2v) is 3.76. The minimum atomic E-state index is -0.869. The monoisotopic (exact) mass is 258 g/mol. The van der Waals surface area contributed by atoms with Gasteiger partial charge in [-0.25, -0.2) is 0 Å². The molecule has 0 aliphatic carbocycles. The van der Waals surface area contributed by atoms with Gasteiger partial charge in [-0.1, -0.05) is 6.07 Å². The first-order valence-electron chi connectivity index (χ1n) is 5.34. The molecule has 0 saturated carbocycles. The molecule has 1 aromatic rings. The molecule has 2 N–H and O–H groups in total. The normalized spacial score (nSPS) is 12.4. The van der Waals surface area contributed by atoms with Crippen molar-refractivity contribution in [3.05, 3.63) is 39.7 Å². The molecule has 0 bridgehead atoms. The van der Waals surface area contributed by atoms with Gasteiger partial charge in [0.15, 0.2) is 0 Å². The molecule has 0 radical (unpaired) electrons. The van der Waals surface area contributed by atoms with E-state index in [1.807, 2.05) is 0 Å². The predicted octanol–water partition coefficient (Wildman–Crippen LogP) is 0.831. The third kappa shape index (κ3) is 4.02. The van der Waals surface area contributed by atoms with Gasteiger partial charge in [-0.3, -0.25) is 10.1 Å². The predicted molar refractivity (Wildman–Crippen MR) is 62.6 cm³/mol. The Kier molecular flexibility index (Phi) is 5.63. The van der Waals surface area contributed by atoms with Crippen LogP contribution in [0, 0.1) is 15.9 Å². The minimum Gasteiger partial charge on any atom is -0.395 e. The number of aliphatic hydroxyl groups is 1. The quantitative estimate of drug-likeness (QED) is 0.559. The molecule has 100 valence electrons. The van der Waals surface area contributed by atoms with Gasteiger partial charge in [0.05, 0.1) is 24.2 Å². The summed E-state index contributed by atoms with van der Waals surface area (Å²) in [5, 5.41) is 22.4. The van der Waals surface area contributed by atoms with Crippen LogP contribution in [0.5, 0.6) is 0 Å². The van der Waals surface area contributed by atoms with E-state index in [1.165, 1.54) is 13.2 Å².